The number of hydrogen-bond acceptors (Lipinski definition) is 5. The van der Waals surface area contributed by atoms with Crippen LogP contribution in [0.4, 0.5) is 19.3 Å². The third-order valence-electron chi connectivity index (χ3n) is 3.51. The lowest BCUT2D eigenvalue weighted by atomic mass is 10.0. The van der Waals surface area contributed by atoms with E-state index in [1.54, 1.807) is 20.8 Å². The van der Waals surface area contributed by atoms with Gasteiger partial charge in [0.2, 0.25) is 0 Å². The predicted octanol–water partition coefficient (Wildman–Crippen LogP) is 4.64. The average Bonchev–Trinajstić information content (AvgIpc) is 2.57. The third-order valence-corrected chi connectivity index (χ3v) is 3.51. The van der Waals surface area contributed by atoms with E-state index in [9.17, 15) is 23.7 Å². The number of rotatable bonds is 3. The highest BCUT2D eigenvalue weighted by Gasteiger charge is 2.48. The van der Waals surface area contributed by atoms with Crippen LogP contribution in [0.5, 0.6) is 5.75 Å². The van der Waals surface area contributed by atoms with Crippen LogP contribution < -0.4 is 4.74 Å². The Hall–Kier alpha value is -2.45. The van der Waals surface area contributed by atoms with Crippen molar-refractivity contribution in [1.29, 1.82) is 0 Å². The SMILES string of the molecule is CC.CC(C)(C)OC(=O)N1CCC(Oc2ccc([N+](=O)[O-])cc2)C(F)(F)C1. The van der Waals surface area contributed by atoms with Crippen LogP contribution in [0.25, 0.3) is 0 Å². The van der Waals surface area contributed by atoms with Crippen molar-refractivity contribution in [1.82, 2.24) is 4.90 Å². The summed E-state index contributed by atoms with van der Waals surface area (Å²) in [6.45, 7) is 8.25. The van der Waals surface area contributed by atoms with E-state index in [0.29, 0.717) is 0 Å². The van der Waals surface area contributed by atoms with Crippen molar-refractivity contribution in [2.75, 3.05) is 13.1 Å². The second-order valence-corrected chi connectivity index (χ2v) is 6.81. The highest BCUT2D eigenvalue weighted by atomic mass is 19.3. The second kappa shape index (κ2) is 8.96. The summed E-state index contributed by atoms with van der Waals surface area (Å²) in [6.07, 6.45) is -2.29. The smallest absolute Gasteiger partial charge is 0.410 e. The maximum atomic E-state index is 14.3. The second-order valence-electron chi connectivity index (χ2n) is 6.81. The molecule has 0 bridgehead atoms. The van der Waals surface area contributed by atoms with Gasteiger partial charge in [-0.05, 0) is 32.9 Å². The van der Waals surface area contributed by atoms with Crippen LogP contribution in [-0.4, -0.2) is 46.6 Å². The summed E-state index contributed by atoms with van der Waals surface area (Å²) in [5.74, 6) is -3.15. The molecule has 1 unspecified atom stereocenters. The first kappa shape index (κ1) is 22.6. The van der Waals surface area contributed by atoms with Crippen molar-refractivity contribution in [3.63, 3.8) is 0 Å². The van der Waals surface area contributed by atoms with Gasteiger partial charge < -0.3 is 14.4 Å². The molecule has 1 heterocycles. The lowest BCUT2D eigenvalue weighted by Crippen LogP contribution is -2.56. The van der Waals surface area contributed by atoms with E-state index < -0.39 is 35.2 Å². The molecule has 2 rings (SSSR count). The third kappa shape index (κ3) is 6.65. The molecule has 1 fully saturated rings. The number of non-ortho nitro benzene ring substituents is 1. The summed E-state index contributed by atoms with van der Waals surface area (Å²) in [6, 6.07) is 4.91. The highest BCUT2D eigenvalue weighted by Crippen LogP contribution is 2.32. The van der Waals surface area contributed by atoms with Crippen LogP contribution in [0.3, 0.4) is 0 Å². The molecule has 0 radical (unpaired) electrons. The van der Waals surface area contributed by atoms with Crippen LogP contribution in [0.2, 0.25) is 0 Å². The molecular formula is C18H26F2N2O5. The lowest BCUT2D eigenvalue weighted by Gasteiger charge is -2.38. The Bertz CT molecular complexity index is 644. The van der Waals surface area contributed by atoms with Gasteiger partial charge in [-0.15, -0.1) is 0 Å². The number of carbonyl (C=O) groups is 1. The highest BCUT2D eigenvalue weighted by molar-refractivity contribution is 5.68. The molecule has 7 nitrogen and oxygen atoms in total. The average molecular weight is 388 g/mol. The maximum Gasteiger partial charge on any atom is 0.410 e. The van der Waals surface area contributed by atoms with E-state index in [2.05, 4.69) is 0 Å². The molecule has 0 aromatic heterocycles. The first-order chi connectivity index (χ1) is 12.5. The van der Waals surface area contributed by atoms with Gasteiger partial charge in [0.15, 0.2) is 6.10 Å². The van der Waals surface area contributed by atoms with E-state index in [4.69, 9.17) is 9.47 Å². The number of benzene rings is 1. The normalized spacial score (nSPS) is 18.8. The molecule has 1 aliphatic rings. The number of nitro groups is 1. The molecule has 1 aromatic carbocycles. The fraction of sp³-hybridized carbons (Fsp3) is 0.611. The van der Waals surface area contributed by atoms with Crippen LogP contribution in [0.15, 0.2) is 24.3 Å². The minimum absolute atomic E-state index is 0.0716. The molecule has 27 heavy (non-hydrogen) atoms. The summed E-state index contributed by atoms with van der Waals surface area (Å²) in [5.41, 5.74) is -0.919. The number of nitro benzene ring substituents is 1. The number of carbonyl (C=O) groups excluding carboxylic acids is 1. The van der Waals surface area contributed by atoms with Gasteiger partial charge in [-0.2, -0.15) is 0 Å². The van der Waals surface area contributed by atoms with Crippen molar-refractivity contribution in [2.45, 2.75) is 58.7 Å². The summed E-state index contributed by atoms with van der Waals surface area (Å²) in [7, 11) is 0. The number of ether oxygens (including phenoxy) is 2. The summed E-state index contributed by atoms with van der Waals surface area (Å²) >= 11 is 0. The molecule has 0 N–H and O–H groups in total. The Labute approximate surface area is 157 Å². The standard InChI is InChI=1S/C16H20F2N2O5.C2H6/c1-15(2,3)25-14(21)19-9-8-13(16(17,18)10-19)24-12-6-4-11(5-7-12)20(22)23;1-2/h4-7,13H,8-10H2,1-3H3;1-2H3. The molecule has 1 saturated heterocycles. The Morgan fingerprint density at radius 1 is 1.26 bits per heavy atom. The Kier molecular flexibility index (Phi) is 7.50. The largest absolute Gasteiger partial charge is 0.484 e. The molecule has 152 valence electrons. The fourth-order valence-corrected chi connectivity index (χ4v) is 2.36. The number of hydrogen-bond donors (Lipinski definition) is 0. The van der Waals surface area contributed by atoms with Crippen molar-refractivity contribution in [2.24, 2.45) is 0 Å². The maximum absolute atomic E-state index is 14.3. The van der Waals surface area contributed by atoms with Crippen LogP contribution in [0.1, 0.15) is 41.0 Å². The Morgan fingerprint density at radius 2 is 1.81 bits per heavy atom. The molecule has 1 aliphatic heterocycles. The van der Waals surface area contributed by atoms with Crippen molar-refractivity contribution >= 4 is 11.8 Å². The van der Waals surface area contributed by atoms with E-state index >= 15 is 0 Å². The van der Waals surface area contributed by atoms with Gasteiger partial charge in [-0.25, -0.2) is 13.6 Å². The van der Waals surface area contributed by atoms with Gasteiger partial charge >= 0.3 is 12.0 Å². The molecule has 1 amide bonds. The van der Waals surface area contributed by atoms with E-state index in [1.165, 1.54) is 24.3 Å². The minimum atomic E-state index is -3.27. The molecular weight excluding hydrogens is 362 g/mol. The Morgan fingerprint density at radius 3 is 2.26 bits per heavy atom. The van der Waals surface area contributed by atoms with Crippen molar-refractivity contribution < 1.29 is 28.0 Å². The molecule has 0 aliphatic carbocycles. The quantitative estimate of drug-likeness (QED) is 0.556. The number of alkyl halides is 2. The van der Waals surface area contributed by atoms with E-state index in [1.807, 2.05) is 13.8 Å². The Balaban J connectivity index is 0.00000176. The molecule has 0 saturated carbocycles. The van der Waals surface area contributed by atoms with Gasteiger partial charge in [0.25, 0.3) is 5.69 Å². The van der Waals surface area contributed by atoms with E-state index in [-0.39, 0.29) is 24.4 Å². The number of amides is 1. The first-order valence-corrected chi connectivity index (χ1v) is 8.75. The first-order valence-electron chi connectivity index (χ1n) is 8.75. The number of halogens is 2. The fourth-order valence-electron chi connectivity index (χ4n) is 2.36. The zero-order valence-corrected chi connectivity index (χ0v) is 16.2. The summed E-state index contributed by atoms with van der Waals surface area (Å²) < 4.78 is 39.0. The molecule has 1 aromatic rings. The van der Waals surface area contributed by atoms with Crippen molar-refractivity contribution in [3.8, 4) is 5.75 Å². The summed E-state index contributed by atoms with van der Waals surface area (Å²) in [4.78, 5) is 22.9. The number of likely N-dealkylation sites (tertiary alicyclic amines) is 1. The van der Waals surface area contributed by atoms with Crippen LogP contribution in [0, 0.1) is 10.1 Å². The predicted molar refractivity (Wildman–Crippen MR) is 96.2 cm³/mol. The summed E-state index contributed by atoms with van der Waals surface area (Å²) in [5, 5.41) is 10.6. The molecule has 1 atom stereocenters. The zero-order chi connectivity index (χ0) is 20.8. The van der Waals surface area contributed by atoms with Gasteiger partial charge in [0.1, 0.15) is 11.4 Å². The minimum Gasteiger partial charge on any atom is -0.484 e. The van der Waals surface area contributed by atoms with Gasteiger partial charge in [-0.3, -0.25) is 10.1 Å². The van der Waals surface area contributed by atoms with Gasteiger partial charge in [0.05, 0.1) is 11.5 Å². The van der Waals surface area contributed by atoms with E-state index in [0.717, 1.165) is 4.90 Å². The van der Waals surface area contributed by atoms with Crippen molar-refractivity contribution in [3.05, 3.63) is 34.4 Å². The molecule has 9 heteroatoms. The molecule has 0 spiro atoms. The van der Waals surface area contributed by atoms with Crippen LogP contribution >= 0.6 is 0 Å². The van der Waals surface area contributed by atoms with Crippen LogP contribution in [-0.2, 0) is 4.74 Å². The number of piperidine rings is 1. The number of nitrogens with zero attached hydrogens (tertiary/aromatic N) is 2. The van der Waals surface area contributed by atoms with Gasteiger partial charge in [-0.1, -0.05) is 13.8 Å². The topological polar surface area (TPSA) is 81.9 Å². The zero-order valence-electron chi connectivity index (χ0n) is 16.2. The van der Waals surface area contributed by atoms with Gasteiger partial charge in [0, 0.05) is 25.1 Å². The monoisotopic (exact) mass is 388 g/mol. The lowest BCUT2D eigenvalue weighted by molar-refractivity contribution is -0.384.